The minimum Gasteiger partial charge on any atom is -0.333 e. The average Bonchev–Trinajstić information content (AvgIpc) is 2.56. The number of nitro groups is 1. The van der Waals surface area contributed by atoms with Crippen molar-refractivity contribution in [3.8, 4) is 0 Å². The highest BCUT2D eigenvalue weighted by molar-refractivity contribution is 7.99. The highest BCUT2D eigenvalue weighted by atomic mass is 32.2. The molecule has 3 aromatic rings. The van der Waals surface area contributed by atoms with Gasteiger partial charge in [-0.15, -0.1) is 0 Å². The Kier molecular flexibility index (Phi) is 4.44. The summed E-state index contributed by atoms with van der Waals surface area (Å²) in [5.74, 6) is 0.136. The van der Waals surface area contributed by atoms with Crippen LogP contribution in [0.4, 0.5) is 17.2 Å². The lowest BCUT2D eigenvalue weighted by Gasteiger charge is -2.08. The topological polar surface area (TPSA) is 93.8 Å². The molecule has 0 bridgehead atoms. The van der Waals surface area contributed by atoms with Crippen molar-refractivity contribution >= 4 is 29.0 Å². The second-order valence-corrected chi connectivity index (χ2v) is 5.48. The summed E-state index contributed by atoms with van der Waals surface area (Å²) in [5.41, 5.74) is 0.454. The van der Waals surface area contributed by atoms with Gasteiger partial charge < -0.3 is 5.32 Å². The number of anilines is 2. The van der Waals surface area contributed by atoms with E-state index in [-0.39, 0.29) is 16.5 Å². The molecule has 2 heterocycles. The molecule has 0 radical (unpaired) electrons. The third kappa shape index (κ3) is 3.61. The van der Waals surface area contributed by atoms with Gasteiger partial charge in [0.25, 0.3) is 0 Å². The van der Waals surface area contributed by atoms with Gasteiger partial charge in [0.2, 0.25) is 5.82 Å². The van der Waals surface area contributed by atoms with Gasteiger partial charge in [-0.3, -0.25) is 15.1 Å². The van der Waals surface area contributed by atoms with Crippen molar-refractivity contribution in [2.45, 2.75) is 9.92 Å². The smallest absolute Gasteiger partial charge is 0.333 e. The predicted molar refractivity (Wildman–Crippen MR) is 86.8 cm³/mol. The molecule has 3 rings (SSSR count). The van der Waals surface area contributed by atoms with Gasteiger partial charge in [-0.1, -0.05) is 30.0 Å². The predicted octanol–water partition coefficient (Wildman–Crippen LogP) is 3.67. The first-order valence-electron chi connectivity index (χ1n) is 6.63. The monoisotopic (exact) mass is 325 g/mol. The lowest BCUT2D eigenvalue weighted by atomic mass is 10.4. The number of hydrogen-bond acceptors (Lipinski definition) is 7. The van der Waals surface area contributed by atoms with Gasteiger partial charge in [0.15, 0.2) is 5.03 Å². The maximum atomic E-state index is 11.5. The maximum Gasteiger partial charge on any atom is 0.343 e. The summed E-state index contributed by atoms with van der Waals surface area (Å²) in [5, 5.41) is 14.7. The molecule has 0 amide bonds. The minimum absolute atomic E-state index is 0.136. The molecule has 0 aliphatic rings. The Hall–Kier alpha value is -3.00. The summed E-state index contributed by atoms with van der Waals surface area (Å²) >= 11 is 1.22. The molecule has 7 nitrogen and oxygen atoms in total. The van der Waals surface area contributed by atoms with Crippen LogP contribution in [0.2, 0.25) is 0 Å². The van der Waals surface area contributed by atoms with Crippen molar-refractivity contribution in [1.82, 2.24) is 15.0 Å². The largest absolute Gasteiger partial charge is 0.343 e. The molecule has 0 atom stereocenters. The van der Waals surface area contributed by atoms with Crippen LogP contribution >= 0.6 is 11.8 Å². The Morgan fingerprint density at radius 2 is 1.91 bits per heavy atom. The molecule has 2 aromatic heterocycles. The fourth-order valence-electron chi connectivity index (χ4n) is 1.87. The van der Waals surface area contributed by atoms with Crippen molar-refractivity contribution in [1.29, 1.82) is 0 Å². The number of pyridine rings is 1. The second-order valence-electron chi connectivity index (χ2n) is 4.41. The first kappa shape index (κ1) is 14.9. The Balaban J connectivity index is 1.97. The fraction of sp³-hybridized carbons (Fsp3) is 0. The molecule has 1 aromatic carbocycles. The number of nitrogens with one attached hydrogen (secondary N) is 1. The number of rotatable bonds is 5. The number of benzene rings is 1. The van der Waals surface area contributed by atoms with Crippen LogP contribution in [0.25, 0.3) is 0 Å². The summed E-state index contributed by atoms with van der Waals surface area (Å²) in [6.07, 6.45) is 4.49. The second kappa shape index (κ2) is 6.84. The molecule has 0 spiro atoms. The van der Waals surface area contributed by atoms with Gasteiger partial charge >= 0.3 is 5.69 Å². The van der Waals surface area contributed by atoms with Gasteiger partial charge in [0.1, 0.15) is 6.33 Å². The SMILES string of the molecule is O=[N+]([O-])c1c(Nc2cccnc2)ncnc1Sc1ccccc1. The summed E-state index contributed by atoms with van der Waals surface area (Å²) < 4.78 is 0. The standard InChI is InChI=1S/C15H11N5O2S/c21-20(22)13-14(19-11-5-4-8-16-9-11)17-10-18-15(13)23-12-6-2-1-3-7-12/h1-10H,(H,17,18,19). The zero-order valence-electron chi connectivity index (χ0n) is 11.8. The molecule has 0 saturated heterocycles. The van der Waals surface area contributed by atoms with E-state index in [9.17, 15) is 10.1 Å². The van der Waals surface area contributed by atoms with Crippen LogP contribution in [0.5, 0.6) is 0 Å². The molecule has 0 fully saturated rings. The quantitative estimate of drug-likeness (QED) is 0.434. The first-order valence-corrected chi connectivity index (χ1v) is 7.45. The van der Waals surface area contributed by atoms with Gasteiger partial charge in [0.05, 0.1) is 16.8 Å². The van der Waals surface area contributed by atoms with Crippen molar-refractivity contribution in [2.75, 3.05) is 5.32 Å². The van der Waals surface area contributed by atoms with E-state index in [0.29, 0.717) is 5.69 Å². The van der Waals surface area contributed by atoms with Crippen molar-refractivity contribution < 1.29 is 4.92 Å². The lowest BCUT2D eigenvalue weighted by molar-refractivity contribution is -0.387. The van der Waals surface area contributed by atoms with E-state index in [4.69, 9.17) is 0 Å². The van der Waals surface area contributed by atoms with Gasteiger partial charge in [-0.05, 0) is 24.3 Å². The Labute approximate surface area is 136 Å². The van der Waals surface area contributed by atoms with Crippen LogP contribution in [0.1, 0.15) is 0 Å². The van der Waals surface area contributed by atoms with Crippen molar-refractivity contribution in [2.24, 2.45) is 0 Å². The van der Waals surface area contributed by atoms with E-state index < -0.39 is 4.92 Å². The maximum absolute atomic E-state index is 11.5. The molecule has 0 unspecified atom stereocenters. The zero-order valence-corrected chi connectivity index (χ0v) is 12.6. The molecule has 114 valence electrons. The van der Waals surface area contributed by atoms with Crippen LogP contribution in [0.15, 0.2) is 71.1 Å². The minimum atomic E-state index is -0.482. The number of aromatic nitrogens is 3. The van der Waals surface area contributed by atoms with Crippen molar-refractivity contribution in [3.63, 3.8) is 0 Å². The van der Waals surface area contributed by atoms with Crippen LogP contribution < -0.4 is 5.32 Å². The van der Waals surface area contributed by atoms with E-state index in [0.717, 1.165) is 4.90 Å². The van der Waals surface area contributed by atoms with Crippen LogP contribution in [-0.2, 0) is 0 Å². The van der Waals surface area contributed by atoms with E-state index in [1.54, 1.807) is 24.5 Å². The summed E-state index contributed by atoms with van der Waals surface area (Å²) in [6, 6.07) is 12.8. The molecule has 0 saturated carbocycles. The fourth-order valence-corrected chi connectivity index (χ4v) is 2.75. The highest BCUT2D eigenvalue weighted by Gasteiger charge is 2.23. The molecule has 0 aliphatic heterocycles. The molecule has 23 heavy (non-hydrogen) atoms. The molecular weight excluding hydrogens is 314 g/mol. The van der Waals surface area contributed by atoms with Crippen molar-refractivity contribution in [3.05, 3.63) is 71.3 Å². The van der Waals surface area contributed by atoms with Gasteiger partial charge in [0, 0.05) is 11.1 Å². The van der Waals surface area contributed by atoms with Gasteiger partial charge in [-0.2, -0.15) is 0 Å². The third-order valence-electron chi connectivity index (χ3n) is 2.85. The number of hydrogen-bond donors (Lipinski definition) is 1. The van der Waals surface area contributed by atoms with Gasteiger partial charge in [-0.25, -0.2) is 9.97 Å². The Morgan fingerprint density at radius 3 is 2.61 bits per heavy atom. The molecule has 1 N–H and O–H groups in total. The molecular formula is C15H11N5O2S. The van der Waals surface area contributed by atoms with E-state index >= 15 is 0 Å². The molecule has 8 heteroatoms. The summed E-state index contributed by atoms with van der Waals surface area (Å²) in [7, 11) is 0. The third-order valence-corrected chi connectivity index (χ3v) is 3.85. The number of nitrogens with zero attached hydrogens (tertiary/aromatic N) is 4. The zero-order chi connectivity index (χ0) is 16.1. The first-order chi connectivity index (χ1) is 11.2. The van der Waals surface area contributed by atoms with Crippen LogP contribution in [-0.4, -0.2) is 19.9 Å². The van der Waals surface area contributed by atoms with Crippen LogP contribution in [0, 0.1) is 10.1 Å². The highest BCUT2D eigenvalue weighted by Crippen LogP contribution is 2.37. The van der Waals surface area contributed by atoms with E-state index in [1.165, 1.54) is 18.1 Å². The summed E-state index contributed by atoms with van der Waals surface area (Å²) in [4.78, 5) is 23.9. The summed E-state index contributed by atoms with van der Waals surface area (Å²) in [6.45, 7) is 0. The lowest BCUT2D eigenvalue weighted by Crippen LogP contribution is -2.02. The molecule has 0 aliphatic carbocycles. The van der Waals surface area contributed by atoms with Crippen LogP contribution in [0.3, 0.4) is 0 Å². The normalized spacial score (nSPS) is 10.3. The average molecular weight is 325 g/mol. The van der Waals surface area contributed by atoms with E-state index in [1.807, 2.05) is 30.3 Å². The Bertz CT molecular complexity index is 755. The van der Waals surface area contributed by atoms with E-state index in [2.05, 4.69) is 20.3 Å². The Morgan fingerprint density at radius 1 is 1.09 bits per heavy atom.